The predicted molar refractivity (Wildman–Crippen MR) is 119 cm³/mol. The Hall–Kier alpha value is -1.94. The maximum atomic E-state index is 13.1. The van der Waals surface area contributed by atoms with Crippen LogP contribution < -0.4 is 4.74 Å². The molecule has 7 nitrogen and oxygen atoms in total. The summed E-state index contributed by atoms with van der Waals surface area (Å²) >= 11 is 0. The van der Waals surface area contributed by atoms with Crippen LogP contribution in [0.5, 0.6) is 5.75 Å². The van der Waals surface area contributed by atoms with Crippen LogP contribution in [-0.4, -0.2) is 71.6 Å². The molecule has 0 N–H and O–H groups in total. The van der Waals surface area contributed by atoms with Crippen molar-refractivity contribution in [2.75, 3.05) is 45.6 Å². The summed E-state index contributed by atoms with van der Waals surface area (Å²) in [6.07, 6.45) is 3.04. The van der Waals surface area contributed by atoms with Gasteiger partial charge in [0.25, 0.3) is 0 Å². The van der Waals surface area contributed by atoms with Gasteiger partial charge in [-0.1, -0.05) is 12.1 Å². The standard InChI is InChI=1S/C22H28N2O5S2/c1-29-20-6-3-7-21(17-20)30(25,26)15-14-23-10-12-24(13-11-23)31(27,28)22-9-8-18-4-2-5-19(18)16-22/h3,6-9,16-17H,2,4-5,10-15H2,1H3. The average molecular weight is 465 g/mol. The number of benzene rings is 2. The van der Waals surface area contributed by atoms with E-state index in [1.807, 2.05) is 17.0 Å². The number of hydrogen-bond acceptors (Lipinski definition) is 6. The lowest BCUT2D eigenvalue weighted by Gasteiger charge is -2.34. The van der Waals surface area contributed by atoms with E-state index < -0.39 is 19.9 Å². The fourth-order valence-corrected chi connectivity index (χ4v) is 7.00. The first kappa shape index (κ1) is 22.3. The van der Waals surface area contributed by atoms with E-state index in [1.54, 1.807) is 24.3 Å². The molecule has 2 aliphatic rings. The minimum atomic E-state index is -3.53. The molecule has 0 atom stereocenters. The number of ether oxygens (including phenoxy) is 1. The van der Waals surface area contributed by atoms with E-state index in [-0.39, 0.29) is 10.6 Å². The van der Waals surface area contributed by atoms with Crippen molar-refractivity contribution in [3.63, 3.8) is 0 Å². The van der Waals surface area contributed by atoms with E-state index in [2.05, 4.69) is 0 Å². The van der Waals surface area contributed by atoms with Crippen LogP contribution >= 0.6 is 0 Å². The molecule has 0 unspecified atom stereocenters. The Kier molecular flexibility index (Phi) is 6.39. The second kappa shape index (κ2) is 8.90. The number of nitrogens with zero attached hydrogens (tertiary/aromatic N) is 2. The first-order valence-corrected chi connectivity index (χ1v) is 13.6. The average Bonchev–Trinajstić information content (AvgIpc) is 3.26. The van der Waals surface area contributed by atoms with Crippen LogP contribution in [0.4, 0.5) is 0 Å². The van der Waals surface area contributed by atoms with Crippen molar-refractivity contribution in [1.82, 2.24) is 9.21 Å². The van der Waals surface area contributed by atoms with Gasteiger partial charge in [-0.2, -0.15) is 4.31 Å². The van der Waals surface area contributed by atoms with Crippen molar-refractivity contribution in [1.29, 1.82) is 0 Å². The monoisotopic (exact) mass is 464 g/mol. The lowest BCUT2D eigenvalue weighted by atomic mass is 10.1. The predicted octanol–water partition coefficient (Wildman–Crippen LogP) is 1.96. The van der Waals surface area contributed by atoms with Gasteiger partial charge in [0.1, 0.15) is 5.75 Å². The number of rotatable bonds is 7. The third-order valence-electron chi connectivity index (χ3n) is 6.12. The molecule has 31 heavy (non-hydrogen) atoms. The number of aryl methyl sites for hydroxylation is 2. The molecule has 0 saturated carbocycles. The Bertz CT molecular complexity index is 1150. The molecule has 1 aliphatic heterocycles. The van der Waals surface area contributed by atoms with Crippen molar-refractivity contribution in [2.45, 2.75) is 29.1 Å². The highest BCUT2D eigenvalue weighted by atomic mass is 32.2. The van der Waals surface area contributed by atoms with Crippen LogP contribution in [-0.2, 0) is 32.7 Å². The minimum absolute atomic E-state index is 0.0161. The van der Waals surface area contributed by atoms with Crippen molar-refractivity contribution in [2.24, 2.45) is 0 Å². The number of piperazine rings is 1. The molecule has 2 aromatic rings. The number of sulfone groups is 1. The number of hydrogen-bond donors (Lipinski definition) is 0. The first-order valence-electron chi connectivity index (χ1n) is 10.5. The van der Waals surface area contributed by atoms with Crippen LogP contribution in [0, 0.1) is 0 Å². The number of sulfonamides is 1. The molecule has 1 saturated heterocycles. The van der Waals surface area contributed by atoms with Crippen LogP contribution in [0.25, 0.3) is 0 Å². The van der Waals surface area contributed by atoms with E-state index in [4.69, 9.17) is 4.74 Å². The summed E-state index contributed by atoms with van der Waals surface area (Å²) in [6.45, 7) is 2.11. The van der Waals surface area contributed by atoms with Crippen molar-refractivity contribution >= 4 is 19.9 Å². The van der Waals surface area contributed by atoms with Crippen molar-refractivity contribution in [3.05, 3.63) is 53.6 Å². The van der Waals surface area contributed by atoms with E-state index in [0.717, 1.165) is 24.8 Å². The van der Waals surface area contributed by atoms with Gasteiger partial charge in [-0.15, -0.1) is 0 Å². The Morgan fingerprint density at radius 3 is 2.35 bits per heavy atom. The van der Waals surface area contributed by atoms with Gasteiger partial charge in [0.2, 0.25) is 10.0 Å². The third-order valence-corrected chi connectivity index (χ3v) is 9.70. The van der Waals surface area contributed by atoms with Gasteiger partial charge in [-0.05, 0) is 60.7 Å². The maximum absolute atomic E-state index is 13.1. The Labute approximate surface area is 184 Å². The Morgan fingerprint density at radius 2 is 1.61 bits per heavy atom. The summed E-state index contributed by atoms with van der Waals surface area (Å²) in [7, 11) is -5.46. The van der Waals surface area contributed by atoms with Gasteiger partial charge >= 0.3 is 0 Å². The van der Waals surface area contributed by atoms with Crippen LogP contribution in [0.15, 0.2) is 52.3 Å². The molecular weight excluding hydrogens is 436 g/mol. The van der Waals surface area contributed by atoms with Crippen LogP contribution in [0.1, 0.15) is 17.5 Å². The third kappa shape index (κ3) is 4.79. The van der Waals surface area contributed by atoms with Gasteiger partial charge in [-0.25, -0.2) is 16.8 Å². The number of methoxy groups -OCH3 is 1. The molecule has 4 rings (SSSR count). The van der Waals surface area contributed by atoms with Gasteiger partial charge < -0.3 is 4.74 Å². The van der Waals surface area contributed by atoms with Gasteiger partial charge in [0.15, 0.2) is 9.84 Å². The maximum Gasteiger partial charge on any atom is 0.243 e. The molecule has 0 aromatic heterocycles. The lowest BCUT2D eigenvalue weighted by molar-refractivity contribution is 0.197. The highest BCUT2D eigenvalue weighted by Crippen LogP contribution is 2.27. The van der Waals surface area contributed by atoms with Gasteiger partial charge in [0, 0.05) is 32.7 Å². The molecule has 1 aliphatic carbocycles. The summed E-state index contributed by atoms with van der Waals surface area (Å²) < 4.78 is 58.0. The Balaban J connectivity index is 1.35. The molecule has 168 valence electrons. The normalized spacial score (nSPS) is 18.1. The SMILES string of the molecule is COc1cccc(S(=O)(=O)CCN2CCN(S(=O)(=O)c3ccc4c(c3)CCC4)CC2)c1. The second-order valence-corrected chi connectivity index (χ2v) is 12.1. The molecule has 0 spiro atoms. The van der Waals surface area contributed by atoms with Crippen molar-refractivity contribution < 1.29 is 21.6 Å². The molecule has 9 heteroatoms. The minimum Gasteiger partial charge on any atom is -0.497 e. The topological polar surface area (TPSA) is 84.0 Å². The first-order chi connectivity index (χ1) is 14.8. The summed E-state index contributed by atoms with van der Waals surface area (Å²) in [6, 6.07) is 11.9. The van der Waals surface area contributed by atoms with Gasteiger partial charge in [0.05, 0.1) is 22.7 Å². The van der Waals surface area contributed by atoms with E-state index >= 15 is 0 Å². The zero-order valence-corrected chi connectivity index (χ0v) is 19.3. The highest BCUT2D eigenvalue weighted by Gasteiger charge is 2.30. The molecule has 0 radical (unpaired) electrons. The fourth-order valence-electron chi connectivity index (χ4n) is 4.21. The second-order valence-electron chi connectivity index (χ2n) is 8.03. The van der Waals surface area contributed by atoms with E-state index in [9.17, 15) is 16.8 Å². The summed E-state index contributed by atoms with van der Waals surface area (Å²) in [4.78, 5) is 2.61. The summed E-state index contributed by atoms with van der Waals surface area (Å²) in [5.74, 6) is 0.490. The lowest BCUT2D eigenvalue weighted by Crippen LogP contribution is -2.49. The fraction of sp³-hybridized carbons (Fsp3) is 0.455. The quantitative estimate of drug-likeness (QED) is 0.623. The van der Waals surface area contributed by atoms with Crippen molar-refractivity contribution in [3.8, 4) is 5.75 Å². The summed E-state index contributed by atoms with van der Waals surface area (Å²) in [5.41, 5.74) is 2.39. The molecule has 0 amide bonds. The Morgan fingerprint density at radius 1 is 0.871 bits per heavy atom. The smallest absolute Gasteiger partial charge is 0.243 e. The molecular formula is C22H28N2O5S2. The summed E-state index contributed by atoms with van der Waals surface area (Å²) in [5, 5.41) is 0. The molecule has 2 aromatic carbocycles. The highest BCUT2D eigenvalue weighted by molar-refractivity contribution is 7.91. The van der Waals surface area contributed by atoms with Gasteiger partial charge in [-0.3, -0.25) is 4.90 Å². The molecule has 1 fully saturated rings. The van der Waals surface area contributed by atoms with Crippen LogP contribution in [0.3, 0.4) is 0 Å². The zero-order valence-electron chi connectivity index (χ0n) is 17.7. The van der Waals surface area contributed by atoms with E-state index in [1.165, 1.54) is 23.0 Å². The zero-order chi connectivity index (χ0) is 22.1. The molecule has 1 heterocycles. The molecule has 0 bridgehead atoms. The largest absolute Gasteiger partial charge is 0.497 e. The van der Waals surface area contributed by atoms with Crippen LogP contribution in [0.2, 0.25) is 0 Å². The van der Waals surface area contributed by atoms with E-state index in [0.29, 0.717) is 43.4 Å². The number of fused-ring (bicyclic) bond motifs is 1.